The van der Waals surface area contributed by atoms with Crippen molar-refractivity contribution in [3.8, 4) is 11.5 Å². The van der Waals surface area contributed by atoms with E-state index in [9.17, 15) is 27.2 Å². The Hall–Kier alpha value is -7.23. The Balaban J connectivity index is 0.000000179. The summed E-state index contributed by atoms with van der Waals surface area (Å²) in [6.07, 6.45) is 3.72. The predicted molar refractivity (Wildman–Crippen MR) is 241 cm³/mol. The summed E-state index contributed by atoms with van der Waals surface area (Å²) in [5.74, 6) is -1.22. The summed E-state index contributed by atoms with van der Waals surface area (Å²) in [5, 5.41) is 21.1. The quantitative estimate of drug-likeness (QED) is 0.0668. The van der Waals surface area contributed by atoms with Crippen LogP contribution in [-0.2, 0) is 25.6 Å². The second-order valence-electron chi connectivity index (χ2n) is 15.5. The molecule has 9 rings (SSSR count). The van der Waals surface area contributed by atoms with Crippen LogP contribution in [0.15, 0.2) is 121 Å². The number of H-pyrrole nitrogens is 2. The van der Waals surface area contributed by atoms with Gasteiger partial charge in [0, 0.05) is 46.5 Å². The number of carbonyl (C=O) groups is 2. The zero-order chi connectivity index (χ0) is 45.3. The lowest BCUT2D eigenvalue weighted by Crippen LogP contribution is -2.29. The highest BCUT2D eigenvalue weighted by Crippen LogP contribution is 2.28. The molecule has 0 bridgehead atoms. The highest BCUT2D eigenvalue weighted by molar-refractivity contribution is 6.17. The highest BCUT2D eigenvalue weighted by atomic mass is 35.5. The number of fused-ring (bicyclic) bond motifs is 2. The lowest BCUT2D eigenvalue weighted by Gasteiger charge is -2.26. The Morgan fingerprint density at radius 2 is 1.03 bits per heavy atom. The zero-order valence-electron chi connectivity index (χ0n) is 34.8. The average Bonchev–Trinajstić information content (AvgIpc) is 3.90. The van der Waals surface area contributed by atoms with Gasteiger partial charge in [0.2, 0.25) is 0 Å². The molecule has 6 aromatic carbocycles. The maximum absolute atomic E-state index is 13.4. The van der Waals surface area contributed by atoms with E-state index in [-0.39, 0.29) is 25.0 Å². The minimum absolute atomic E-state index is 0.00351. The summed E-state index contributed by atoms with van der Waals surface area (Å²) in [6.45, 7) is 3.01. The number of amides is 2. The molecule has 8 aromatic rings. The molecule has 3 heterocycles. The standard InChI is InChI=1S/C27H26F2N4O2.C22H16ClF2N3O2/c28-21-12-19(13-22(29)14-21)17-35-23-7-8-25-24(15-23)26(32-31-25)30-27(34)20-6-4-5-18(11-20)16-33-9-2-1-3-10-33;23-11-13-2-1-3-15(6-13)22(29)26-21-19-10-18(4-5-20(19)27-28-21)30-12-14-7-16(24)9-17(25)8-14/h4-8,11-15H,1-3,9-10,16-17H2,(H2,30,31,32,34);1-10H,11-12H2,(H2,26,27,28,29). The number of halogens is 5. The first kappa shape index (κ1) is 44.4. The molecule has 0 radical (unpaired) electrons. The van der Waals surface area contributed by atoms with Crippen molar-refractivity contribution in [1.82, 2.24) is 25.3 Å². The van der Waals surface area contributed by atoms with Crippen molar-refractivity contribution in [3.05, 3.63) is 178 Å². The van der Waals surface area contributed by atoms with Crippen molar-refractivity contribution < 1.29 is 36.6 Å². The molecule has 16 heteroatoms. The summed E-state index contributed by atoms with van der Waals surface area (Å²) in [5.41, 5.74) is 5.14. The number of alkyl halides is 1. The summed E-state index contributed by atoms with van der Waals surface area (Å²) < 4.78 is 64.9. The molecule has 0 spiro atoms. The molecule has 1 saturated heterocycles. The van der Waals surface area contributed by atoms with E-state index in [4.69, 9.17) is 21.1 Å². The minimum Gasteiger partial charge on any atom is -0.489 e. The van der Waals surface area contributed by atoms with E-state index in [1.165, 1.54) is 43.5 Å². The second-order valence-corrected chi connectivity index (χ2v) is 15.7. The van der Waals surface area contributed by atoms with Gasteiger partial charge in [-0.2, -0.15) is 10.2 Å². The number of anilines is 2. The zero-order valence-corrected chi connectivity index (χ0v) is 35.5. The van der Waals surface area contributed by atoms with Crippen molar-refractivity contribution in [2.45, 2.75) is 44.9 Å². The van der Waals surface area contributed by atoms with E-state index in [0.29, 0.717) is 67.6 Å². The third-order valence-electron chi connectivity index (χ3n) is 10.6. The van der Waals surface area contributed by atoms with Gasteiger partial charge in [0.05, 0.1) is 11.0 Å². The predicted octanol–water partition coefficient (Wildman–Crippen LogP) is 11.1. The number of hydrogen-bond acceptors (Lipinski definition) is 7. The molecule has 65 heavy (non-hydrogen) atoms. The Morgan fingerprint density at radius 1 is 0.569 bits per heavy atom. The van der Waals surface area contributed by atoms with Crippen molar-refractivity contribution >= 4 is 56.9 Å². The Bertz CT molecular complexity index is 2930. The number of benzene rings is 6. The van der Waals surface area contributed by atoms with Crippen LogP contribution in [0.4, 0.5) is 29.2 Å². The van der Waals surface area contributed by atoms with Crippen LogP contribution in [0.25, 0.3) is 21.8 Å². The van der Waals surface area contributed by atoms with E-state index in [2.05, 4.69) is 35.9 Å². The summed E-state index contributed by atoms with van der Waals surface area (Å²) >= 11 is 5.83. The van der Waals surface area contributed by atoms with Crippen LogP contribution in [0.3, 0.4) is 0 Å². The largest absolute Gasteiger partial charge is 0.489 e. The van der Waals surface area contributed by atoms with Crippen LogP contribution in [0, 0.1) is 23.3 Å². The highest BCUT2D eigenvalue weighted by Gasteiger charge is 2.16. The number of hydrogen-bond donors (Lipinski definition) is 4. The van der Waals surface area contributed by atoms with Gasteiger partial charge in [-0.05, 0) is 133 Å². The van der Waals surface area contributed by atoms with Gasteiger partial charge in [-0.1, -0.05) is 30.7 Å². The Morgan fingerprint density at radius 3 is 1.51 bits per heavy atom. The first-order valence-corrected chi connectivity index (χ1v) is 21.3. The van der Waals surface area contributed by atoms with E-state index in [1.807, 2.05) is 24.3 Å². The monoisotopic (exact) mass is 903 g/mol. The first-order chi connectivity index (χ1) is 31.5. The number of ether oxygens (including phenoxy) is 2. The molecule has 4 N–H and O–H groups in total. The van der Waals surface area contributed by atoms with Crippen molar-refractivity contribution in [3.63, 3.8) is 0 Å². The molecule has 2 aromatic heterocycles. The second kappa shape index (κ2) is 20.5. The lowest BCUT2D eigenvalue weighted by molar-refractivity contribution is 0.101. The number of aromatic nitrogens is 4. The number of aromatic amines is 2. The number of likely N-dealkylation sites (tertiary alicyclic amines) is 1. The first-order valence-electron chi connectivity index (χ1n) is 20.8. The van der Waals surface area contributed by atoms with Crippen LogP contribution in [0.5, 0.6) is 11.5 Å². The van der Waals surface area contributed by atoms with Crippen LogP contribution >= 0.6 is 11.6 Å². The smallest absolute Gasteiger partial charge is 0.256 e. The van der Waals surface area contributed by atoms with Crippen LogP contribution in [-0.4, -0.2) is 50.2 Å². The van der Waals surface area contributed by atoms with Gasteiger partial charge in [0.25, 0.3) is 11.8 Å². The molecule has 1 aliphatic heterocycles. The van der Waals surface area contributed by atoms with E-state index < -0.39 is 23.3 Å². The maximum atomic E-state index is 13.4. The third kappa shape index (κ3) is 11.7. The summed E-state index contributed by atoms with van der Waals surface area (Å²) in [7, 11) is 0. The summed E-state index contributed by atoms with van der Waals surface area (Å²) in [6, 6.07) is 31.5. The van der Waals surface area contributed by atoms with Crippen molar-refractivity contribution in [2.24, 2.45) is 0 Å². The van der Waals surface area contributed by atoms with Crippen molar-refractivity contribution in [1.29, 1.82) is 0 Å². The van der Waals surface area contributed by atoms with Gasteiger partial charge in [0.1, 0.15) is 48.0 Å². The molecule has 2 amide bonds. The Labute approximate surface area is 375 Å². The average molecular weight is 904 g/mol. The third-order valence-corrected chi connectivity index (χ3v) is 10.9. The molecule has 0 aliphatic carbocycles. The minimum atomic E-state index is -0.665. The maximum Gasteiger partial charge on any atom is 0.256 e. The fourth-order valence-electron chi connectivity index (χ4n) is 7.42. The van der Waals surface area contributed by atoms with Gasteiger partial charge in [-0.3, -0.25) is 24.7 Å². The molecule has 11 nitrogen and oxygen atoms in total. The SMILES string of the molecule is O=C(Nc1n[nH]c2ccc(OCc3cc(F)cc(F)c3)cc12)c1cccc(CCl)c1.O=C(Nc1n[nH]c2ccc(OCc3cc(F)cc(F)c3)cc12)c1cccc(CN2CCCCC2)c1. The Kier molecular flexibility index (Phi) is 14.0. The van der Waals surface area contributed by atoms with Crippen LogP contribution in [0.1, 0.15) is 62.2 Å². The number of piperidine rings is 1. The summed E-state index contributed by atoms with van der Waals surface area (Å²) in [4.78, 5) is 28.0. The number of rotatable bonds is 13. The van der Waals surface area contributed by atoms with Gasteiger partial charge < -0.3 is 20.1 Å². The fraction of sp³-hybridized carbons (Fsp3) is 0.184. The van der Waals surface area contributed by atoms with Crippen LogP contribution < -0.4 is 20.1 Å². The van der Waals surface area contributed by atoms with Crippen LogP contribution in [0.2, 0.25) is 0 Å². The molecule has 0 atom stereocenters. The van der Waals surface area contributed by atoms with Gasteiger partial charge >= 0.3 is 0 Å². The fourth-order valence-corrected chi connectivity index (χ4v) is 7.59. The van der Waals surface area contributed by atoms with Crippen molar-refractivity contribution in [2.75, 3.05) is 23.7 Å². The molecular formula is C49H42ClF4N7O4. The topological polar surface area (TPSA) is 137 Å². The molecule has 1 aliphatic rings. The number of nitrogens with zero attached hydrogens (tertiary/aromatic N) is 3. The molecule has 0 saturated carbocycles. The molecule has 1 fully saturated rings. The number of nitrogens with one attached hydrogen (secondary N) is 4. The number of carbonyl (C=O) groups excluding carboxylic acids is 2. The molecule has 332 valence electrons. The van der Waals surface area contributed by atoms with Gasteiger partial charge in [-0.15, -0.1) is 11.6 Å². The van der Waals surface area contributed by atoms with Gasteiger partial charge in [-0.25, -0.2) is 17.6 Å². The van der Waals surface area contributed by atoms with Gasteiger partial charge in [0.15, 0.2) is 11.6 Å². The van der Waals surface area contributed by atoms with E-state index in [1.54, 1.807) is 60.7 Å². The van der Waals surface area contributed by atoms with E-state index >= 15 is 0 Å². The lowest BCUT2D eigenvalue weighted by atomic mass is 10.1. The molecule has 0 unspecified atom stereocenters. The van der Waals surface area contributed by atoms with E-state index in [0.717, 1.165) is 48.4 Å². The molecular weight excluding hydrogens is 862 g/mol. The normalized spacial score (nSPS) is 12.7.